The Morgan fingerprint density at radius 2 is 2.04 bits per heavy atom. The molecule has 2 aliphatic rings. The number of hydrogen-bond donors (Lipinski definition) is 2. The van der Waals surface area contributed by atoms with E-state index in [1.54, 1.807) is 18.2 Å². The van der Waals surface area contributed by atoms with Gasteiger partial charge in [-0.3, -0.25) is 0 Å². The van der Waals surface area contributed by atoms with Gasteiger partial charge in [0.05, 0.1) is 5.02 Å². The van der Waals surface area contributed by atoms with E-state index < -0.39 is 6.10 Å². The van der Waals surface area contributed by atoms with Gasteiger partial charge in [0, 0.05) is 49.9 Å². The van der Waals surface area contributed by atoms with Crippen LogP contribution in [0.2, 0.25) is 10.0 Å². The predicted molar refractivity (Wildman–Crippen MR) is 97.5 cm³/mol. The van der Waals surface area contributed by atoms with E-state index >= 15 is 0 Å². The number of carbonyl (C=O) groups is 1. The lowest BCUT2D eigenvalue weighted by Crippen LogP contribution is -2.48. The highest BCUT2D eigenvalue weighted by Gasteiger charge is 2.31. The average Bonchev–Trinajstić information content (AvgIpc) is 3.02. The number of piperidine rings is 1. The maximum Gasteiger partial charge on any atom is 0.317 e. The monoisotopic (exact) mass is 387 g/mol. The number of aliphatic hydroxyl groups is 1. The molecular weight excluding hydrogens is 365 g/mol. The summed E-state index contributed by atoms with van der Waals surface area (Å²) in [6, 6.07) is 5.36. The molecule has 0 spiro atoms. The zero-order chi connectivity index (χ0) is 17.8. The molecule has 2 heterocycles. The topological polar surface area (TPSA) is 65.0 Å². The molecule has 0 aliphatic carbocycles. The zero-order valence-electron chi connectivity index (χ0n) is 14.0. The third kappa shape index (κ3) is 4.91. The second-order valence-electron chi connectivity index (χ2n) is 6.50. The second kappa shape index (κ2) is 8.45. The molecule has 2 N–H and O–H groups in total. The van der Waals surface area contributed by atoms with Crippen molar-refractivity contribution in [1.82, 2.24) is 15.1 Å². The fourth-order valence-electron chi connectivity index (χ4n) is 3.37. The van der Waals surface area contributed by atoms with Crippen molar-refractivity contribution in [3.8, 4) is 5.75 Å². The van der Waals surface area contributed by atoms with Crippen LogP contribution in [0.4, 0.5) is 4.79 Å². The van der Waals surface area contributed by atoms with Gasteiger partial charge in [-0.15, -0.1) is 0 Å². The third-order valence-corrected chi connectivity index (χ3v) is 5.23. The Morgan fingerprint density at radius 3 is 2.72 bits per heavy atom. The summed E-state index contributed by atoms with van der Waals surface area (Å²) in [7, 11) is 0. The molecule has 138 valence electrons. The lowest BCUT2D eigenvalue weighted by molar-refractivity contribution is 0.0509. The predicted octanol–water partition coefficient (Wildman–Crippen LogP) is 2.22. The number of β-amino-alcohol motifs (C(OH)–C–C–N with tert-alkyl or cyclic N) is 1. The first-order chi connectivity index (χ1) is 12.0. The minimum atomic E-state index is -0.610. The highest BCUT2D eigenvalue weighted by Crippen LogP contribution is 2.27. The molecule has 8 heteroatoms. The van der Waals surface area contributed by atoms with Crippen molar-refractivity contribution in [3.63, 3.8) is 0 Å². The van der Waals surface area contributed by atoms with Crippen molar-refractivity contribution in [3.05, 3.63) is 28.2 Å². The quantitative estimate of drug-likeness (QED) is 0.785. The van der Waals surface area contributed by atoms with Gasteiger partial charge in [0.1, 0.15) is 18.5 Å². The molecule has 0 saturated carbocycles. The minimum absolute atomic E-state index is 0.0466. The molecule has 25 heavy (non-hydrogen) atoms. The maximum absolute atomic E-state index is 11.7. The van der Waals surface area contributed by atoms with E-state index in [2.05, 4.69) is 10.2 Å². The Labute approximate surface area is 157 Å². The van der Waals surface area contributed by atoms with E-state index in [0.29, 0.717) is 28.4 Å². The number of amides is 2. The molecule has 0 unspecified atom stereocenters. The zero-order valence-corrected chi connectivity index (χ0v) is 15.5. The van der Waals surface area contributed by atoms with Crippen LogP contribution in [0.1, 0.15) is 12.8 Å². The van der Waals surface area contributed by atoms with Gasteiger partial charge in [-0.2, -0.15) is 0 Å². The van der Waals surface area contributed by atoms with Crippen molar-refractivity contribution in [2.24, 2.45) is 0 Å². The van der Waals surface area contributed by atoms with Crippen LogP contribution < -0.4 is 10.1 Å². The van der Waals surface area contributed by atoms with E-state index in [9.17, 15) is 9.90 Å². The summed E-state index contributed by atoms with van der Waals surface area (Å²) in [6.45, 7) is 3.96. The normalized spacial score (nSPS) is 20.6. The fraction of sp³-hybridized carbons (Fsp3) is 0.588. The highest BCUT2D eigenvalue weighted by atomic mass is 35.5. The molecule has 0 bridgehead atoms. The number of benzene rings is 1. The molecule has 2 aliphatic heterocycles. The van der Waals surface area contributed by atoms with Crippen molar-refractivity contribution in [2.75, 3.05) is 39.3 Å². The van der Waals surface area contributed by atoms with Gasteiger partial charge < -0.3 is 25.0 Å². The molecule has 1 aromatic rings. The summed E-state index contributed by atoms with van der Waals surface area (Å²) < 4.78 is 5.58. The molecule has 0 radical (unpaired) electrons. The van der Waals surface area contributed by atoms with Crippen molar-refractivity contribution < 1.29 is 14.6 Å². The van der Waals surface area contributed by atoms with Crippen LogP contribution in [0.3, 0.4) is 0 Å². The molecule has 6 nitrogen and oxygen atoms in total. The first-order valence-electron chi connectivity index (χ1n) is 8.55. The van der Waals surface area contributed by atoms with Crippen molar-refractivity contribution in [1.29, 1.82) is 0 Å². The lowest BCUT2D eigenvalue weighted by atomic mass is 10.0. The Morgan fingerprint density at radius 1 is 1.28 bits per heavy atom. The summed E-state index contributed by atoms with van der Waals surface area (Å²) in [6.07, 6.45) is 1.25. The first-order valence-corrected chi connectivity index (χ1v) is 9.31. The highest BCUT2D eigenvalue weighted by molar-refractivity contribution is 6.34. The average molecular weight is 388 g/mol. The van der Waals surface area contributed by atoms with E-state index in [0.717, 1.165) is 39.0 Å². The van der Waals surface area contributed by atoms with E-state index in [-0.39, 0.29) is 12.6 Å². The van der Waals surface area contributed by atoms with Gasteiger partial charge in [0.2, 0.25) is 0 Å². The van der Waals surface area contributed by atoms with Gasteiger partial charge in [0.15, 0.2) is 0 Å². The summed E-state index contributed by atoms with van der Waals surface area (Å²) >= 11 is 12.0. The second-order valence-corrected chi connectivity index (χ2v) is 7.34. The Hall–Kier alpha value is -1.21. The number of urea groups is 1. The first kappa shape index (κ1) is 18.6. The van der Waals surface area contributed by atoms with Crippen LogP contribution in [0, 0.1) is 0 Å². The summed E-state index contributed by atoms with van der Waals surface area (Å²) in [5.74, 6) is 0.479. The Bertz CT molecular complexity index is 609. The molecule has 1 aromatic carbocycles. The van der Waals surface area contributed by atoms with E-state index in [1.165, 1.54) is 0 Å². The number of nitrogens with zero attached hydrogens (tertiary/aromatic N) is 2. The molecule has 2 amide bonds. The van der Waals surface area contributed by atoms with E-state index in [4.69, 9.17) is 27.9 Å². The number of hydrogen-bond acceptors (Lipinski definition) is 4. The molecule has 2 fully saturated rings. The maximum atomic E-state index is 11.7. The number of likely N-dealkylation sites (tertiary alicyclic amines) is 1. The number of aliphatic hydroxyl groups excluding tert-OH is 1. The number of carbonyl (C=O) groups excluding carboxylic acids is 1. The van der Waals surface area contributed by atoms with Crippen LogP contribution >= 0.6 is 23.2 Å². The summed E-state index contributed by atoms with van der Waals surface area (Å²) in [5, 5.41) is 14.1. The van der Waals surface area contributed by atoms with Gasteiger partial charge in [-0.05, 0) is 25.0 Å². The fourth-order valence-corrected chi connectivity index (χ4v) is 3.71. The largest absolute Gasteiger partial charge is 0.489 e. The molecule has 1 atom stereocenters. The smallest absolute Gasteiger partial charge is 0.317 e. The van der Waals surface area contributed by atoms with Crippen LogP contribution in [0.15, 0.2) is 18.2 Å². The molecule has 3 rings (SSSR count). The van der Waals surface area contributed by atoms with Crippen LogP contribution in [-0.2, 0) is 0 Å². The Kier molecular flexibility index (Phi) is 6.28. The van der Waals surface area contributed by atoms with Crippen molar-refractivity contribution in [2.45, 2.75) is 25.0 Å². The molecule has 2 saturated heterocycles. The van der Waals surface area contributed by atoms with Crippen LogP contribution in [-0.4, -0.2) is 72.4 Å². The number of ether oxygens (including phenoxy) is 1. The van der Waals surface area contributed by atoms with Crippen LogP contribution in [0.5, 0.6) is 5.75 Å². The van der Waals surface area contributed by atoms with Gasteiger partial charge >= 0.3 is 6.03 Å². The third-order valence-electron chi connectivity index (χ3n) is 4.68. The summed E-state index contributed by atoms with van der Waals surface area (Å²) in [5.41, 5.74) is 0. The lowest BCUT2D eigenvalue weighted by Gasteiger charge is -2.36. The molecular formula is C17H23Cl2N3O3. The summed E-state index contributed by atoms with van der Waals surface area (Å²) in [4.78, 5) is 15.9. The number of rotatable bonds is 6. The van der Waals surface area contributed by atoms with Crippen molar-refractivity contribution >= 4 is 29.2 Å². The van der Waals surface area contributed by atoms with Gasteiger partial charge in [-0.1, -0.05) is 23.2 Å². The Balaban J connectivity index is 1.41. The van der Waals surface area contributed by atoms with E-state index in [1.807, 2.05) is 4.90 Å². The minimum Gasteiger partial charge on any atom is -0.489 e. The standard InChI is InChI=1S/C17H23Cl2N3O3/c18-12-1-2-15(19)16(9-12)25-11-14(23)10-21-6-3-13(4-7-21)22-8-5-20-17(22)24/h1-2,9,13-14,23H,3-8,10-11H2,(H,20,24)/t14-/m0/s1. The number of halogens is 2. The van der Waals surface area contributed by atoms with Gasteiger partial charge in [-0.25, -0.2) is 4.79 Å². The van der Waals surface area contributed by atoms with Crippen LogP contribution in [0.25, 0.3) is 0 Å². The van der Waals surface area contributed by atoms with Gasteiger partial charge in [0.25, 0.3) is 0 Å². The molecule has 0 aromatic heterocycles. The number of nitrogens with one attached hydrogen (secondary N) is 1. The SMILES string of the molecule is O=C1NCCN1C1CCN(C[C@H](O)COc2cc(Cl)ccc2Cl)CC1.